The van der Waals surface area contributed by atoms with E-state index in [1.807, 2.05) is 13.8 Å². The fraction of sp³-hybridized carbons (Fsp3) is 0.333. The van der Waals surface area contributed by atoms with Crippen LogP contribution < -0.4 is 4.74 Å². The molecule has 1 heterocycles. The van der Waals surface area contributed by atoms with Crippen LogP contribution in [-0.4, -0.2) is 33.0 Å². The van der Waals surface area contributed by atoms with Crippen LogP contribution in [-0.2, 0) is 4.79 Å². The molecule has 0 radical (unpaired) electrons. The van der Waals surface area contributed by atoms with E-state index < -0.39 is 41.5 Å². The second kappa shape index (κ2) is 9.36. The second-order valence-electron chi connectivity index (χ2n) is 8.17. The number of aromatic hydroxyl groups is 1. The van der Waals surface area contributed by atoms with E-state index in [9.17, 15) is 37.4 Å². The number of nitrogens with zero attached hydrogens (tertiary/aromatic N) is 1. The maximum absolute atomic E-state index is 14.3. The number of rotatable bonds is 7. The fourth-order valence-corrected chi connectivity index (χ4v) is 3.99. The molecule has 2 N–H and O–H groups in total. The number of phenols is 1. The summed E-state index contributed by atoms with van der Waals surface area (Å²) in [6, 6.07) is 6.21. The molecule has 6 nitrogen and oxygen atoms in total. The zero-order chi connectivity index (χ0) is 25.4. The van der Waals surface area contributed by atoms with Crippen LogP contribution in [0.25, 0.3) is 10.9 Å². The molecule has 2 aromatic carbocycles. The Morgan fingerprint density at radius 3 is 2.29 bits per heavy atom. The monoisotopic (exact) mass is 481 g/mol. The molecule has 182 valence electrons. The van der Waals surface area contributed by atoms with Crippen LogP contribution in [0.1, 0.15) is 54.2 Å². The Kier molecular flexibility index (Phi) is 6.90. The van der Waals surface area contributed by atoms with Crippen molar-refractivity contribution in [3.05, 3.63) is 59.0 Å². The summed E-state index contributed by atoms with van der Waals surface area (Å²) in [6.45, 7) is 5.31. The molecule has 34 heavy (non-hydrogen) atoms. The van der Waals surface area contributed by atoms with E-state index in [0.29, 0.717) is 6.42 Å². The quantitative estimate of drug-likeness (QED) is 0.405. The van der Waals surface area contributed by atoms with E-state index in [0.717, 1.165) is 41.0 Å². The van der Waals surface area contributed by atoms with Crippen molar-refractivity contribution in [1.82, 2.24) is 4.57 Å². The third-order valence-electron chi connectivity index (χ3n) is 5.84. The van der Waals surface area contributed by atoms with E-state index in [-0.39, 0.29) is 40.1 Å². The van der Waals surface area contributed by atoms with Crippen molar-refractivity contribution in [2.45, 2.75) is 45.9 Å². The van der Waals surface area contributed by atoms with Gasteiger partial charge in [-0.3, -0.25) is 14.2 Å². The van der Waals surface area contributed by atoms with Gasteiger partial charge in [0.15, 0.2) is 11.6 Å². The Bertz CT molecular complexity index is 1230. The van der Waals surface area contributed by atoms with Crippen LogP contribution in [0.3, 0.4) is 0 Å². The minimum atomic E-state index is -4.89. The third kappa shape index (κ3) is 5.00. The van der Waals surface area contributed by atoms with Crippen LogP contribution >= 0.6 is 0 Å². The molecule has 3 rings (SSSR count). The van der Waals surface area contributed by atoms with Gasteiger partial charge in [0.25, 0.3) is 5.91 Å². The number of carbonyl (C=O) groups excluding carboxylic acids is 1. The van der Waals surface area contributed by atoms with Crippen LogP contribution in [0, 0.1) is 18.7 Å². The molecule has 0 amide bonds. The lowest BCUT2D eigenvalue weighted by atomic mass is 9.87. The molecule has 10 heteroatoms. The number of carboxylic acid groups (broad SMARTS) is 1. The summed E-state index contributed by atoms with van der Waals surface area (Å²) in [4.78, 5) is 25.5. The van der Waals surface area contributed by atoms with Gasteiger partial charge in [-0.25, -0.2) is 4.39 Å². The van der Waals surface area contributed by atoms with Crippen molar-refractivity contribution >= 4 is 22.8 Å². The van der Waals surface area contributed by atoms with Gasteiger partial charge in [0.05, 0.1) is 11.4 Å². The van der Waals surface area contributed by atoms with Crippen molar-refractivity contribution in [3.8, 4) is 11.5 Å². The van der Waals surface area contributed by atoms with Crippen molar-refractivity contribution in [2.75, 3.05) is 0 Å². The van der Waals surface area contributed by atoms with Gasteiger partial charge < -0.3 is 14.9 Å². The SMILES string of the molecule is CCC(C)C[C@@H](C(=O)O)c1c(C)n(C(=O)c2ccc(OC(F)(F)F)cc2)c2cc(F)c(O)cc12. The number of hydrogen-bond acceptors (Lipinski definition) is 4. The standard InChI is InChI=1S/C24H23F4NO5/c1-4-12(2)9-17(23(32)33)21-13(3)29(19-11-18(25)20(30)10-16(19)21)22(31)14-5-7-15(8-6-14)34-24(26,27)28/h5-8,10-12,17,30H,4,9H2,1-3H3,(H,32,33)/t12?,17-/m1/s1. The minimum Gasteiger partial charge on any atom is -0.505 e. The summed E-state index contributed by atoms with van der Waals surface area (Å²) in [7, 11) is 0. The molecule has 0 saturated carbocycles. The Balaban J connectivity index is 2.18. The molecule has 0 aliphatic carbocycles. The highest BCUT2D eigenvalue weighted by atomic mass is 19.4. The lowest BCUT2D eigenvalue weighted by Gasteiger charge is -2.17. The maximum Gasteiger partial charge on any atom is 0.573 e. The second-order valence-corrected chi connectivity index (χ2v) is 8.17. The first-order chi connectivity index (χ1) is 15.8. The van der Waals surface area contributed by atoms with E-state index in [1.165, 1.54) is 6.92 Å². The molecule has 3 aromatic rings. The van der Waals surface area contributed by atoms with Crippen LogP contribution in [0.15, 0.2) is 36.4 Å². The number of phenolic OH excluding ortho intramolecular Hbond substituents is 1. The predicted octanol–water partition coefficient (Wildman–Crippen LogP) is 5.99. The first-order valence-corrected chi connectivity index (χ1v) is 10.5. The number of halogens is 4. The van der Waals surface area contributed by atoms with E-state index in [4.69, 9.17) is 0 Å². The molecule has 0 fully saturated rings. The minimum absolute atomic E-state index is 0.0247. The van der Waals surface area contributed by atoms with Crippen LogP contribution in [0.5, 0.6) is 11.5 Å². The summed E-state index contributed by atoms with van der Waals surface area (Å²) < 4.78 is 56.5. The third-order valence-corrected chi connectivity index (χ3v) is 5.84. The summed E-state index contributed by atoms with van der Waals surface area (Å²) in [6.07, 6.45) is -3.93. The molecule has 1 unspecified atom stereocenters. The van der Waals surface area contributed by atoms with Gasteiger partial charge in [-0.05, 0) is 55.2 Å². The highest BCUT2D eigenvalue weighted by Gasteiger charge is 2.32. The molecule has 0 spiro atoms. The van der Waals surface area contributed by atoms with Gasteiger partial charge in [0.2, 0.25) is 0 Å². The van der Waals surface area contributed by atoms with Crippen LogP contribution in [0.2, 0.25) is 0 Å². The van der Waals surface area contributed by atoms with Gasteiger partial charge in [-0.2, -0.15) is 0 Å². The highest BCUT2D eigenvalue weighted by Crippen LogP contribution is 2.39. The van der Waals surface area contributed by atoms with Crippen molar-refractivity contribution in [2.24, 2.45) is 5.92 Å². The Labute approximate surface area is 192 Å². The normalized spacial score (nSPS) is 13.6. The van der Waals surface area contributed by atoms with Crippen molar-refractivity contribution in [1.29, 1.82) is 0 Å². The summed E-state index contributed by atoms with van der Waals surface area (Å²) in [5.41, 5.74) is 0.516. The molecule has 1 aromatic heterocycles. The molecule has 0 aliphatic rings. The largest absolute Gasteiger partial charge is 0.573 e. The molecular weight excluding hydrogens is 458 g/mol. The number of alkyl halides is 3. The van der Waals surface area contributed by atoms with E-state index in [2.05, 4.69) is 4.74 Å². The first-order valence-electron chi connectivity index (χ1n) is 10.5. The van der Waals surface area contributed by atoms with Gasteiger partial charge in [-0.1, -0.05) is 20.3 Å². The van der Waals surface area contributed by atoms with Gasteiger partial charge in [0, 0.05) is 22.7 Å². The number of benzene rings is 2. The smallest absolute Gasteiger partial charge is 0.505 e. The Hall–Kier alpha value is -3.56. The zero-order valence-corrected chi connectivity index (χ0v) is 18.6. The average molecular weight is 481 g/mol. The summed E-state index contributed by atoms with van der Waals surface area (Å²) in [5, 5.41) is 20.1. The lowest BCUT2D eigenvalue weighted by Crippen LogP contribution is -2.18. The van der Waals surface area contributed by atoms with Crippen LogP contribution in [0.4, 0.5) is 17.6 Å². The summed E-state index contributed by atoms with van der Waals surface area (Å²) in [5.74, 6) is -5.05. The average Bonchev–Trinajstić information content (AvgIpc) is 3.01. The zero-order valence-electron chi connectivity index (χ0n) is 18.6. The number of aromatic nitrogens is 1. The molecule has 2 atom stereocenters. The van der Waals surface area contributed by atoms with E-state index in [1.54, 1.807) is 0 Å². The van der Waals surface area contributed by atoms with Crippen molar-refractivity contribution < 1.29 is 42.1 Å². The Morgan fingerprint density at radius 2 is 1.76 bits per heavy atom. The number of ether oxygens (including phenoxy) is 1. The maximum atomic E-state index is 14.3. The van der Waals surface area contributed by atoms with Crippen molar-refractivity contribution in [3.63, 3.8) is 0 Å². The fourth-order valence-electron chi connectivity index (χ4n) is 3.99. The Morgan fingerprint density at radius 1 is 1.15 bits per heavy atom. The summed E-state index contributed by atoms with van der Waals surface area (Å²) >= 11 is 0. The molecular formula is C24H23F4NO5. The van der Waals surface area contributed by atoms with Gasteiger partial charge in [-0.15, -0.1) is 13.2 Å². The lowest BCUT2D eigenvalue weighted by molar-refractivity contribution is -0.274. The number of carboxylic acids is 1. The van der Waals surface area contributed by atoms with Gasteiger partial charge in [0.1, 0.15) is 5.75 Å². The number of fused-ring (bicyclic) bond motifs is 1. The topological polar surface area (TPSA) is 88.8 Å². The molecule has 0 saturated heterocycles. The number of carbonyl (C=O) groups is 2. The van der Waals surface area contributed by atoms with Gasteiger partial charge >= 0.3 is 12.3 Å². The van der Waals surface area contributed by atoms with E-state index >= 15 is 0 Å². The number of aliphatic carboxylic acids is 1. The first kappa shape index (κ1) is 25.1. The molecule has 0 aliphatic heterocycles. The highest BCUT2D eigenvalue weighted by molar-refractivity contribution is 6.05. The molecule has 0 bridgehead atoms. The predicted molar refractivity (Wildman–Crippen MR) is 116 cm³/mol. The number of hydrogen-bond donors (Lipinski definition) is 2.